The van der Waals surface area contributed by atoms with Crippen molar-refractivity contribution in [2.45, 2.75) is 20.8 Å². The smallest absolute Gasteiger partial charge is 0.113 e. The van der Waals surface area contributed by atoms with Gasteiger partial charge in [0.15, 0.2) is 0 Å². The van der Waals surface area contributed by atoms with Gasteiger partial charge in [-0.2, -0.15) is 15.0 Å². The lowest BCUT2D eigenvalue weighted by molar-refractivity contribution is 0.655. The van der Waals surface area contributed by atoms with E-state index in [1.54, 1.807) is 11.0 Å². The molecule has 0 atom stereocenters. The maximum Gasteiger partial charge on any atom is 0.113 e. The maximum absolute atomic E-state index is 4.33. The Morgan fingerprint density at radius 3 is 2.47 bits per heavy atom. The summed E-state index contributed by atoms with van der Waals surface area (Å²) in [6.45, 7) is 6.35. The van der Waals surface area contributed by atoms with Crippen molar-refractivity contribution in [1.29, 1.82) is 0 Å². The van der Waals surface area contributed by atoms with E-state index in [4.69, 9.17) is 0 Å². The molecule has 0 amide bonds. The molecule has 0 bridgehead atoms. The van der Waals surface area contributed by atoms with Crippen molar-refractivity contribution in [3.8, 4) is 11.3 Å². The fourth-order valence-corrected chi connectivity index (χ4v) is 1.78. The molecule has 1 aromatic carbocycles. The van der Waals surface area contributed by atoms with E-state index in [0.717, 1.165) is 5.69 Å². The highest BCUT2D eigenvalue weighted by Gasteiger charge is 2.08. The molecule has 0 N–H and O–H groups in total. The van der Waals surface area contributed by atoms with Gasteiger partial charge in [0.2, 0.25) is 0 Å². The summed E-state index contributed by atoms with van der Waals surface area (Å²) < 4.78 is 0. The number of aryl methyl sites for hydroxylation is 3. The van der Waals surface area contributed by atoms with Crippen molar-refractivity contribution in [1.82, 2.24) is 15.0 Å². The van der Waals surface area contributed by atoms with Crippen LogP contribution in [0.2, 0.25) is 0 Å². The lowest BCUT2D eigenvalue weighted by Gasteiger charge is -2.07. The molecule has 0 unspecified atom stereocenters. The monoisotopic (exact) mass is 201 g/mol. The van der Waals surface area contributed by atoms with Gasteiger partial charge in [0.1, 0.15) is 5.69 Å². The van der Waals surface area contributed by atoms with Gasteiger partial charge >= 0.3 is 0 Å². The maximum atomic E-state index is 4.33. The quantitative estimate of drug-likeness (QED) is 0.709. The van der Waals surface area contributed by atoms with Crippen LogP contribution in [0.25, 0.3) is 11.3 Å². The van der Waals surface area contributed by atoms with Crippen molar-refractivity contribution in [3.05, 3.63) is 35.0 Å². The van der Waals surface area contributed by atoms with Crippen LogP contribution in [0.15, 0.2) is 18.3 Å². The van der Waals surface area contributed by atoms with E-state index in [1.165, 1.54) is 22.3 Å². The van der Waals surface area contributed by atoms with Crippen molar-refractivity contribution < 1.29 is 0 Å². The normalized spacial score (nSPS) is 10.7. The van der Waals surface area contributed by atoms with Gasteiger partial charge in [-0.1, -0.05) is 11.6 Å². The van der Waals surface area contributed by atoms with E-state index in [9.17, 15) is 0 Å². The second kappa shape index (κ2) is 3.50. The molecule has 1 heterocycles. The summed E-state index contributed by atoms with van der Waals surface area (Å²) in [6.07, 6.45) is 1.81. The third-order valence-corrected chi connectivity index (χ3v) is 2.69. The number of hydrogen-bond acceptors (Lipinski definition) is 2. The average molecular weight is 201 g/mol. The molecule has 3 heteroatoms. The van der Waals surface area contributed by atoms with Gasteiger partial charge in [0.05, 0.1) is 6.20 Å². The fourth-order valence-electron chi connectivity index (χ4n) is 1.78. The molecule has 0 saturated heterocycles. The van der Waals surface area contributed by atoms with E-state index in [1.807, 2.05) is 7.05 Å². The van der Waals surface area contributed by atoms with Crippen molar-refractivity contribution in [2.24, 2.45) is 7.05 Å². The Labute approximate surface area is 89.7 Å². The zero-order valence-corrected chi connectivity index (χ0v) is 9.57. The molecule has 15 heavy (non-hydrogen) atoms. The number of rotatable bonds is 1. The molecular weight excluding hydrogens is 186 g/mol. The Kier molecular flexibility index (Phi) is 2.31. The van der Waals surface area contributed by atoms with Crippen LogP contribution in [0.5, 0.6) is 0 Å². The van der Waals surface area contributed by atoms with Gasteiger partial charge in [0.25, 0.3) is 0 Å². The Morgan fingerprint density at radius 1 is 1.13 bits per heavy atom. The zero-order valence-electron chi connectivity index (χ0n) is 9.57. The highest BCUT2D eigenvalue weighted by molar-refractivity contribution is 5.65. The average Bonchev–Trinajstić information content (AvgIpc) is 2.58. The van der Waals surface area contributed by atoms with Crippen LogP contribution in [0.3, 0.4) is 0 Å². The van der Waals surface area contributed by atoms with E-state index >= 15 is 0 Å². The predicted octanol–water partition coefficient (Wildman–Crippen LogP) is 2.41. The molecule has 78 valence electrons. The van der Waals surface area contributed by atoms with Gasteiger partial charge in [0, 0.05) is 12.6 Å². The second-order valence-corrected chi connectivity index (χ2v) is 3.97. The van der Waals surface area contributed by atoms with E-state index in [-0.39, 0.29) is 0 Å². The molecule has 0 aliphatic heterocycles. The van der Waals surface area contributed by atoms with Crippen molar-refractivity contribution in [2.75, 3.05) is 0 Å². The van der Waals surface area contributed by atoms with Crippen LogP contribution in [0, 0.1) is 20.8 Å². The Morgan fingerprint density at radius 2 is 1.87 bits per heavy atom. The van der Waals surface area contributed by atoms with Gasteiger partial charge in [-0.25, -0.2) is 0 Å². The summed E-state index contributed by atoms with van der Waals surface area (Å²) in [6, 6.07) is 4.35. The molecule has 0 saturated carbocycles. The number of benzene rings is 1. The van der Waals surface area contributed by atoms with E-state index in [0.29, 0.717) is 0 Å². The van der Waals surface area contributed by atoms with E-state index in [2.05, 4.69) is 43.1 Å². The topological polar surface area (TPSA) is 30.7 Å². The summed E-state index contributed by atoms with van der Waals surface area (Å²) in [7, 11) is 1.83. The lowest BCUT2D eigenvalue weighted by atomic mass is 9.98. The predicted molar refractivity (Wildman–Crippen MR) is 60.7 cm³/mol. The second-order valence-electron chi connectivity index (χ2n) is 3.97. The minimum absolute atomic E-state index is 0.946. The largest absolute Gasteiger partial charge is 0.187 e. The third kappa shape index (κ3) is 1.77. The molecule has 0 spiro atoms. The standard InChI is InChI=1S/C12H15N3/c1-8-5-9(2)10(3)11(6-8)12-7-13-15(4)14-12/h5-7H,1-4H3. The molecule has 0 aliphatic carbocycles. The molecule has 0 aliphatic rings. The highest BCUT2D eigenvalue weighted by atomic mass is 15.4. The molecular formula is C12H15N3. The molecule has 2 aromatic rings. The van der Waals surface area contributed by atoms with Gasteiger partial charge in [-0.05, 0) is 38.0 Å². The Bertz CT molecular complexity index is 498. The third-order valence-electron chi connectivity index (χ3n) is 2.69. The van der Waals surface area contributed by atoms with Crippen molar-refractivity contribution >= 4 is 0 Å². The summed E-state index contributed by atoms with van der Waals surface area (Å²) in [5, 5.41) is 8.43. The molecule has 1 aromatic heterocycles. The summed E-state index contributed by atoms with van der Waals surface area (Å²) in [5.74, 6) is 0. The first-order valence-electron chi connectivity index (χ1n) is 5.02. The molecule has 0 radical (unpaired) electrons. The van der Waals surface area contributed by atoms with Crippen LogP contribution < -0.4 is 0 Å². The molecule has 3 nitrogen and oxygen atoms in total. The Hall–Kier alpha value is -1.64. The number of hydrogen-bond donors (Lipinski definition) is 0. The van der Waals surface area contributed by atoms with Crippen molar-refractivity contribution in [3.63, 3.8) is 0 Å². The van der Waals surface area contributed by atoms with Gasteiger partial charge < -0.3 is 0 Å². The summed E-state index contributed by atoms with van der Waals surface area (Å²) in [4.78, 5) is 1.59. The lowest BCUT2D eigenvalue weighted by Crippen LogP contribution is -1.93. The van der Waals surface area contributed by atoms with Gasteiger partial charge in [-0.15, -0.1) is 0 Å². The van der Waals surface area contributed by atoms with Gasteiger partial charge in [-0.3, -0.25) is 0 Å². The number of nitrogens with zero attached hydrogens (tertiary/aromatic N) is 3. The Balaban J connectivity index is 2.62. The van der Waals surface area contributed by atoms with Crippen LogP contribution >= 0.6 is 0 Å². The zero-order chi connectivity index (χ0) is 11.0. The van der Waals surface area contributed by atoms with Crippen LogP contribution in [-0.4, -0.2) is 15.0 Å². The molecule has 0 fully saturated rings. The minimum Gasteiger partial charge on any atom is -0.187 e. The summed E-state index contributed by atoms with van der Waals surface area (Å²) >= 11 is 0. The van der Waals surface area contributed by atoms with E-state index < -0.39 is 0 Å². The SMILES string of the molecule is Cc1cc(C)c(C)c(-c2cnn(C)n2)c1. The van der Waals surface area contributed by atoms with Crippen LogP contribution in [-0.2, 0) is 7.05 Å². The first-order valence-corrected chi connectivity index (χ1v) is 5.02. The fraction of sp³-hybridized carbons (Fsp3) is 0.333. The number of aromatic nitrogens is 3. The molecule has 2 rings (SSSR count). The minimum atomic E-state index is 0.946. The first-order chi connectivity index (χ1) is 7.08. The van der Waals surface area contributed by atoms with Crippen LogP contribution in [0.1, 0.15) is 16.7 Å². The van der Waals surface area contributed by atoms with Crippen LogP contribution in [0.4, 0.5) is 0 Å². The highest BCUT2D eigenvalue weighted by Crippen LogP contribution is 2.24. The summed E-state index contributed by atoms with van der Waals surface area (Å²) in [5.41, 5.74) is 5.97. The first kappa shape index (κ1) is 9.90.